The van der Waals surface area contributed by atoms with Crippen LogP contribution >= 0.6 is 0 Å². The number of rotatable bonds is 4. The summed E-state index contributed by atoms with van der Waals surface area (Å²) in [6.07, 6.45) is 0.574. The third-order valence-electron chi connectivity index (χ3n) is 4.45. The van der Waals surface area contributed by atoms with Crippen LogP contribution in [0.4, 0.5) is 13.2 Å². The molecule has 0 aliphatic carbocycles. The lowest BCUT2D eigenvalue weighted by molar-refractivity contribution is -0.274. The Labute approximate surface area is 138 Å². The van der Waals surface area contributed by atoms with Gasteiger partial charge in [-0.2, -0.15) is 5.10 Å². The van der Waals surface area contributed by atoms with Crippen LogP contribution in [0.5, 0.6) is 5.75 Å². The van der Waals surface area contributed by atoms with E-state index >= 15 is 0 Å². The fourth-order valence-electron chi connectivity index (χ4n) is 3.10. The summed E-state index contributed by atoms with van der Waals surface area (Å²) in [7, 11) is 0. The average molecular weight is 340 g/mol. The number of alkyl halides is 3. The number of likely N-dealkylation sites (tertiary alicyclic amines) is 1. The molecule has 130 valence electrons. The first-order valence-electron chi connectivity index (χ1n) is 7.86. The minimum atomic E-state index is -4.66. The van der Waals surface area contributed by atoms with Gasteiger partial charge in [-0.15, -0.1) is 13.2 Å². The molecule has 0 saturated carbocycles. The first kappa shape index (κ1) is 16.8. The highest BCUT2D eigenvalue weighted by Crippen LogP contribution is 2.30. The summed E-state index contributed by atoms with van der Waals surface area (Å²) in [5, 5.41) is 4.19. The quantitative estimate of drug-likeness (QED) is 0.853. The van der Waals surface area contributed by atoms with Gasteiger partial charge in [0.2, 0.25) is 0 Å². The molecule has 1 aromatic carbocycles. The number of nitrogens with zero attached hydrogens (tertiary/aromatic N) is 4. The maximum atomic E-state index is 12.2. The Balaban J connectivity index is 1.58. The molecule has 5 nitrogen and oxygen atoms in total. The molecule has 0 bridgehead atoms. The molecule has 24 heavy (non-hydrogen) atoms. The van der Waals surface area contributed by atoms with Gasteiger partial charge in [0.25, 0.3) is 0 Å². The van der Waals surface area contributed by atoms with Crippen LogP contribution in [-0.4, -0.2) is 39.1 Å². The zero-order valence-electron chi connectivity index (χ0n) is 13.3. The number of ether oxygens (including phenoxy) is 1. The zero-order valence-corrected chi connectivity index (χ0v) is 13.3. The van der Waals surface area contributed by atoms with Crippen molar-refractivity contribution >= 4 is 0 Å². The Hall–Kier alpha value is -2.09. The fourth-order valence-corrected chi connectivity index (χ4v) is 3.10. The van der Waals surface area contributed by atoms with Crippen LogP contribution in [-0.2, 0) is 0 Å². The van der Waals surface area contributed by atoms with Crippen LogP contribution in [0.1, 0.15) is 37.4 Å². The number of piperidine rings is 1. The summed E-state index contributed by atoms with van der Waals surface area (Å²) >= 11 is 0. The molecule has 1 aliphatic rings. The number of halogens is 3. The normalized spacial score (nSPS) is 18.5. The first-order valence-corrected chi connectivity index (χ1v) is 7.86. The van der Waals surface area contributed by atoms with E-state index in [4.69, 9.17) is 0 Å². The molecule has 2 aromatic rings. The van der Waals surface area contributed by atoms with E-state index in [0.717, 1.165) is 31.5 Å². The van der Waals surface area contributed by atoms with Crippen molar-refractivity contribution in [3.05, 3.63) is 42.5 Å². The van der Waals surface area contributed by atoms with Crippen molar-refractivity contribution in [2.24, 2.45) is 0 Å². The van der Waals surface area contributed by atoms with Crippen LogP contribution in [0.3, 0.4) is 0 Å². The Morgan fingerprint density at radius 3 is 2.38 bits per heavy atom. The SMILES string of the molecule is C[C@@H](c1ccc(OC(F)(F)F)cc1)N1CCC(n2cncn2)CC1. The second kappa shape index (κ2) is 6.80. The van der Waals surface area contributed by atoms with Crippen LogP contribution in [0.2, 0.25) is 0 Å². The molecule has 1 atom stereocenters. The van der Waals surface area contributed by atoms with E-state index in [0.29, 0.717) is 6.04 Å². The van der Waals surface area contributed by atoms with Crippen molar-refractivity contribution in [2.45, 2.75) is 38.2 Å². The van der Waals surface area contributed by atoms with E-state index in [1.165, 1.54) is 12.1 Å². The fraction of sp³-hybridized carbons (Fsp3) is 0.500. The second-order valence-electron chi connectivity index (χ2n) is 5.94. The van der Waals surface area contributed by atoms with Crippen molar-refractivity contribution < 1.29 is 17.9 Å². The lowest BCUT2D eigenvalue weighted by Gasteiger charge is -2.36. The molecule has 0 N–H and O–H groups in total. The van der Waals surface area contributed by atoms with Crippen molar-refractivity contribution in [1.29, 1.82) is 0 Å². The minimum absolute atomic E-state index is 0.140. The van der Waals surface area contributed by atoms with E-state index in [9.17, 15) is 13.2 Å². The number of benzene rings is 1. The van der Waals surface area contributed by atoms with Gasteiger partial charge in [-0.05, 0) is 37.5 Å². The van der Waals surface area contributed by atoms with Gasteiger partial charge in [0.15, 0.2) is 0 Å². The molecule has 0 amide bonds. The summed E-state index contributed by atoms with van der Waals surface area (Å²) in [4.78, 5) is 6.31. The smallest absolute Gasteiger partial charge is 0.406 e. The largest absolute Gasteiger partial charge is 0.573 e. The van der Waals surface area contributed by atoms with Crippen LogP contribution in [0, 0.1) is 0 Å². The zero-order chi connectivity index (χ0) is 17.2. The maximum absolute atomic E-state index is 12.2. The highest BCUT2D eigenvalue weighted by molar-refractivity contribution is 5.29. The van der Waals surface area contributed by atoms with Gasteiger partial charge in [0.05, 0.1) is 6.04 Å². The molecule has 1 aromatic heterocycles. The predicted molar refractivity (Wildman–Crippen MR) is 81.4 cm³/mol. The average Bonchev–Trinajstić information content (AvgIpc) is 3.08. The van der Waals surface area contributed by atoms with E-state index in [-0.39, 0.29) is 11.8 Å². The molecular weight excluding hydrogens is 321 g/mol. The van der Waals surface area contributed by atoms with Gasteiger partial charge in [-0.25, -0.2) is 9.67 Å². The van der Waals surface area contributed by atoms with Crippen molar-refractivity contribution in [3.63, 3.8) is 0 Å². The Kier molecular flexibility index (Phi) is 4.75. The number of hydrogen-bond donors (Lipinski definition) is 0. The topological polar surface area (TPSA) is 43.2 Å². The minimum Gasteiger partial charge on any atom is -0.406 e. The summed E-state index contributed by atoms with van der Waals surface area (Å²) in [5.41, 5.74) is 0.976. The second-order valence-corrected chi connectivity index (χ2v) is 5.94. The highest BCUT2D eigenvalue weighted by Gasteiger charge is 2.31. The van der Waals surface area contributed by atoms with Crippen LogP contribution in [0.15, 0.2) is 36.9 Å². The molecule has 1 saturated heterocycles. The Bertz CT molecular complexity index is 634. The number of aromatic nitrogens is 3. The van der Waals surface area contributed by atoms with Crippen LogP contribution < -0.4 is 4.74 Å². The number of hydrogen-bond acceptors (Lipinski definition) is 4. The Morgan fingerprint density at radius 2 is 1.83 bits per heavy atom. The third kappa shape index (κ3) is 4.05. The standard InChI is InChI=1S/C16H19F3N4O/c1-12(13-2-4-15(5-3-13)24-16(17,18)19)22-8-6-14(7-9-22)23-11-20-10-21-23/h2-5,10-12,14H,6-9H2,1H3/t12-/m0/s1. The van der Waals surface area contributed by atoms with E-state index in [1.54, 1.807) is 24.8 Å². The summed E-state index contributed by atoms with van der Waals surface area (Å²) in [6, 6.07) is 6.60. The Morgan fingerprint density at radius 1 is 1.17 bits per heavy atom. The first-order chi connectivity index (χ1) is 11.4. The van der Waals surface area contributed by atoms with Crippen molar-refractivity contribution in [2.75, 3.05) is 13.1 Å². The van der Waals surface area contributed by atoms with E-state index < -0.39 is 6.36 Å². The predicted octanol–water partition coefficient (Wildman–Crippen LogP) is 3.57. The molecule has 1 fully saturated rings. The lowest BCUT2D eigenvalue weighted by Crippen LogP contribution is -2.36. The molecule has 0 spiro atoms. The molecule has 8 heteroatoms. The molecule has 0 unspecified atom stereocenters. The molecule has 0 radical (unpaired) electrons. The third-order valence-corrected chi connectivity index (χ3v) is 4.45. The van der Waals surface area contributed by atoms with E-state index in [1.807, 2.05) is 4.68 Å². The van der Waals surface area contributed by atoms with Crippen LogP contribution in [0.25, 0.3) is 0 Å². The monoisotopic (exact) mass is 340 g/mol. The van der Waals surface area contributed by atoms with E-state index in [2.05, 4.69) is 26.6 Å². The molecule has 2 heterocycles. The summed E-state index contributed by atoms with van der Waals surface area (Å²) in [6.45, 7) is 3.88. The van der Waals surface area contributed by atoms with Gasteiger partial charge in [-0.3, -0.25) is 4.90 Å². The lowest BCUT2D eigenvalue weighted by atomic mass is 10.0. The molecular formula is C16H19F3N4O. The molecule has 1 aliphatic heterocycles. The summed E-state index contributed by atoms with van der Waals surface area (Å²) in [5.74, 6) is -0.191. The summed E-state index contributed by atoms with van der Waals surface area (Å²) < 4.78 is 42.4. The molecule has 3 rings (SSSR count). The van der Waals surface area contributed by atoms with Crippen molar-refractivity contribution in [1.82, 2.24) is 19.7 Å². The highest BCUT2D eigenvalue weighted by atomic mass is 19.4. The van der Waals surface area contributed by atoms with Gasteiger partial charge in [0.1, 0.15) is 18.4 Å². The van der Waals surface area contributed by atoms with Gasteiger partial charge >= 0.3 is 6.36 Å². The van der Waals surface area contributed by atoms with Gasteiger partial charge in [-0.1, -0.05) is 12.1 Å². The van der Waals surface area contributed by atoms with Gasteiger partial charge < -0.3 is 4.74 Å². The van der Waals surface area contributed by atoms with Crippen molar-refractivity contribution in [3.8, 4) is 5.75 Å². The maximum Gasteiger partial charge on any atom is 0.573 e. The van der Waals surface area contributed by atoms with Gasteiger partial charge in [0, 0.05) is 19.1 Å².